The molecule has 4 nitrogen and oxygen atoms in total. The van der Waals surface area contributed by atoms with Crippen molar-refractivity contribution < 1.29 is 14.3 Å². The first-order valence-electron chi connectivity index (χ1n) is 4.56. The van der Waals surface area contributed by atoms with Gasteiger partial charge in [-0.25, -0.2) is 4.79 Å². The molecule has 1 N–H and O–H groups in total. The molecular formula is C10H12ClNO3. The summed E-state index contributed by atoms with van der Waals surface area (Å²) in [5, 5.41) is 0. The van der Waals surface area contributed by atoms with Gasteiger partial charge in [-0.2, -0.15) is 0 Å². The van der Waals surface area contributed by atoms with E-state index in [-0.39, 0.29) is 11.7 Å². The van der Waals surface area contributed by atoms with Gasteiger partial charge in [-0.15, -0.1) is 11.6 Å². The number of aromatic amines is 1. The number of aromatic nitrogens is 1. The van der Waals surface area contributed by atoms with Gasteiger partial charge < -0.3 is 9.72 Å². The third-order valence-electron chi connectivity index (χ3n) is 2.04. The van der Waals surface area contributed by atoms with E-state index in [2.05, 4.69) is 4.98 Å². The second-order valence-corrected chi connectivity index (χ2v) is 3.25. The lowest BCUT2D eigenvalue weighted by Gasteiger charge is -2.00. The molecule has 0 aliphatic rings. The molecule has 0 saturated heterocycles. The number of ketones is 1. The van der Waals surface area contributed by atoms with Crippen molar-refractivity contribution in [2.24, 2.45) is 0 Å². The molecule has 82 valence electrons. The number of hydrogen-bond acceptors (Lipinski definition) is 3. The van der Waals surface area contributed by atoms with Gasteiger partial charge in [0.2, 0.25) is 0 Å². The second-order valence-electron chi connectivity index (χ2n) is 2.98. The molecule has 5 heteroatoms. The molecule has 0 aliphatic heterocycles. The SMILES string of the molecule is CCOC(=O)c1c[nH]c(C(=O)CCl)c1C. The van der Waals surface area contributed by atoms with Gasteiger partial charge in [-0.3, -0.25) is 4.79 Å². The van der Waals surface area contributed by atoms with E-state index in [1.807, 2.05) is 0 Å². The van der Waals surface area contributed by atoms with Crippen molar-refractivity contribution in [2.75, 3.05) is 12.5 Å². The Hall–Kier alpha value is -1.29. The first kappa shape index (κ1) is 11.8. The molecule has 1 heterocycles. The standard InChI is InChI=1S/C10H12ClNO3/c1-3-15-10(14)7-5-12-9(6(7)2)8(13)4-11/h5,12H,3-4H2,1-2H3. The highest BCUT2D eigenvalue weighted by Gasteiger charge is 2.18. The molecule has 0 spiro atoms. The molecule has 0 aromatic carbocycles. The minimum absolute atomic E-state index is 0.108. The quantitative estimate of drug-likeness (QED) is 0.488. The van der Waals surface area contributed by atoms with Crippen LogP contribution in [0, 0.1) is 6.92 Å². The lowest BCUT2D eigenvalue weighted by atomic mass is 10.1. The number of alkyl halides is 1. The van der Waals surface area contributed by atoms with Crippen LogP contribution in [0.2, 0.25) is 0 Å². The number of Topliss-reactive ketones (excluding diaryl/α,β-unsaturated/α-hetero) is 1. The van der Waals surface area contributed by atoms with E-state index in [4.69, 9.17) is 16.3 Å². The van der Waals surface area contributed by atoms with E-state index in [1.165, 1.54) is 6.20 Å². The molecule has 15 heavy (non-hydrogen) atoms. The van der Waals surface area contributed by atoms with E-state index in [1.54, 1.807) is 13.8 Å². The summed E-state index contributed by atoms with van der Waals surface area (Å²) in [7, 11) is 0. The first-order chi connectivity index (χ1) is 7.11. The van der Waals surface area contributed by atoms with Crippen molar-refractivity contribution in [2.45, 2.75) is 13.8 Å². The number of esters is 1. The van der Waals surface area contributed by atoms with Gasteiger partial charge in [-0.05, 0) is 19.4 Å². The monoisotopic (exact) mass is 229 g/mol. The van der Waals surface area contributed by atoms with Crippen molar-refractivity contribution in [3.05, 3.63) is 23.0 Å². The van der Waals surface area contributed by atoms with Gasteiger partial charge in [0, 0.05) is 6.20 Å². The number of nitrogens with one attached hydrogen (secondary N) is 1. The maximum absolute atomic E-state index is 11.4. The average Bonchev–Trinajstić information content (AvgIpc) is 2.59. The summed E-state index contributed by atoms with van der Waals surface area (Å²) in [5.74, 6) is -0.770. The molecule has 1 rings (SSSR count). The number of rotatable bonds is 4. The van der Waals surface area contributed by atoms with Gasteiger partial charge in [-0.1, -0.05) is 0 Å². The van der Waals surface area contributed by atoms with Crippen molar-refractivity contribution in [1.29, 1.82) is 0 Å². The predicted octanol–water partition coefficient (Wildman–Crippen LogP) is 1.92. The number of H-pyrrole nitrogens is 1. The third-order valence-corrected chi connectivity index (χ3v) is 2.28. The minimum Gasteiger partial charge on any atom is -0.462 e. The zero-order valence-electron chi connectivity index (χ0n) is 8.59. The molecule has 0 amide bonds. The molecule has 0 radical (unpaired) electrons. The van der Waals surface area contributed by atoms with E-state index < -0.39 is 5.97 Å². The van der Waals surface area contributed by atoms with Gasteiger partial charge >= 0.3 is 5.97 Å². The Morgan fingerprint density at radius 1 is 1.53 bits per heavy atom. The number of hydrogen-bond donors (Lipinski definition) is 1. The van der Waals surface area contributed by atoms with Crippen LogP contribution in [0.15, 0.2) is 6.20 Å². The van der Waals surface area contributed by atoms with Crippen molar-refractivity contribution >= 4 is 23.4 Å². The fourth-order valence-electron chi connectivity index (χ4n) is 1.27. The number of carbonyl (C=O) groups is 2. The Labute approximate surface area is 92.6 Å². The summed E-state index contributed by atoms with van der Waals surface area (Å²) >= 11 is 5.42. The Morgan fingerprint density at radius 2 is 2.20 bits per heavy atom. The number of carbonyl (C=O) groups excluding carboxylic acids is 2. The fourth-order valence-corrected chi connectivity index (χ4v) is 1.41. The van der Waals surface area contributed by atoms with Crippen LogP contribution in [0.1, 0.15) is 33.3 Å². The van der Waals surface area contributed by atoms with Gasteiger partial charge in [0.15, 0.2) is 5.78 Å². The molecule has 0 bridgehead atoms. The largest absolute Gasteiger partial charge is 0.462 e. The molecule has 0 saturated carbocycles. The van der Waals surface area contributed by atoms with E-state index in [0.29, 0.717) is 23.4 Å². The van der Waals surface area contributed by atoms with Crippen molar-refractivity contribution in [3.8, 4) is 0 Å². The average molecular weight is 230 g/mol. The third kappa shape index (κ3) is 2.39. The van der Waals surface area contributed by atoms with Gasteiger partial charge in [0.25, 0.3) is 0 Å². The van der Waals surface area contributed by atoms with Crippen LogP contribution in [0.4, 0.5) is 0 Å². The van der Waals surface area contributed by atoms with Gasteiger partial charge in [0.1, 0.15) is 0 Å². The highest BCUT2D eigenvalue weighted by molar-refractivity contribution is 6.30. The van der Waals surface area contributed by atoms with Crippen LogP contribution < -0.4 is 0 Å². The van der Waals surface area contributed by atoms with E-state index in [0.717, 1.165) is 0 Å². The minimum atomic E-state index is -0.431. The Kier molecular flexibility index (Phi) is 3.91. The highest BCUT2D eigenvalue weighted by atomic mass is 35.5. The van der Waals surface area contributed by atoms with Crippen LogP contribution in [-0.4, -0.2) is 29.2 Å². The topological polar surface area (TPSA) is 59.2 Å². The highest BCUT2D eigenvalue weighted by Crippen LogP contribution is 2.15. The maximum atomic E-state index is 11.4. The zero-order chi connectivity index (χ0) is 11.4. The number of ether oxygens (including phenoxy) is 1. The fraction of sp³-hybridized carbons (Fsp3) is 0.400. The van der Waals surface area contributed by atoms with Crippen LogP contribution in [0.3, 0.4) is 0 Å². The molecule has 0 unspecified atom stereocenters. The van der Waals surface area contributed by atoms with Gasteiger partial charge in [0.05, 0.1) is 23.7 Å². The summed E-state index contributed by atoms with van der Waals surface area (Å²) < 4.78 is 4.83. The van der Waals surface area contributed by atoms with E-state index in [9.17, 15) is 9.59 Å². The van der Waals surface area contributed by atoms with Crippen LogP contribution in [0.5, 0.6) is 0 Å². The smallest absolute Gasteiger partial charge is 0.339 e. The predicted molar refractivity (Wildman–Crippen MR) is 56.5 cm³/mol. The lowest BCUT2D eigenvalue weighted by molar-refractivity contribution is 0.0526. The summed E-state index contributed by atoms with van der Waals surface area (Å²) in [4.78, 5) is 25.4. The molecule has 1 aromatic heterocycles. The Balaban J connectivity index is 2.98. The van der Waals surface area contributed by atoms with E-state index >= 15 is 0 Å². The normalized spacial score (nSPS) is 10.1. The summed E-state index contributed by atoms with van der Waals surface area (Å²) in [5.41, 5.74) is 1.33. The summed E-state index contributed by atoms with van der Waals surface area (Å²) in [6.07, 6.45) is 1.47. The summed E-state index contributed by atoms with van der Waals surface area (Å²) in [6.45, 7) is 3.72. The first-order valence-corrected chi connectivity index (χ1v) is 5.09. The molecule has 0 aliphatic carbocycles. The Morgan fingerprint density at radius 3 is 2.73 bits per heavy atom. The van der Waals surface area contributed by atoms with Crippen molar-refractivity contribution in [1.82, 2.24) is 4.98 Å². The molecular weight excluding hydrogens is 218 g/mol. The van der Waals surface area contributed by atoms with Crippen LogP contribution in [0.25, 0.3) is 0 Å². The van der Waals surface area contributed by atoms with Crippen molar-refractivity contribution in [3.63, 3.8) is 0 Å². The lowest BCUT2D eigenvalue weighted by Crippen LogP contribution is -2.07. The molecule has 0 atom stereocenters. The molecule has 0 fully saturated rings. The van der Waals surface area contributed by atoms with Crippen LogP contribution >= 0.6 is 11.6 Å². The van der Waals surface area contributed by atoms with Crippen LogP contribution in [-0.2, 0) is 4.74 Å². The maximum Gasteiger partial charge on any atom is 0.339 e. The Bertz CT molecular complexity index is 384. The summed E-state index contributed by atoms with van der Waals surface area (Å²) in [6, 6.07) is 0. The molecule has 1 aromatic rings. The zero-order valence-corrected chi connectivity index (χ0v) is 9.35. The number of halogens is 1. The second kappa shape index (κ2) is 4.98.